The smallest absolute Gasteiger partial charge is 0.337 e. The van der Waals surface area contributed by atoms with E-state index in [9.17, 15) is 19.7 Å². The van der Waals surface area contributed by atoms with Gasteiger partial charge in [0.05, 0.1) is 30.8 Å². The van der Waals surface area contributed by atoms with Crippen molar-refractivity contribution in [2.75, 3.05) is 14.2 Å². The predicted molar refractivity (Wildman–Crippen MR) is 119 cm³/mol. The van der Waals surface area contributed by atoms with Crippen LogP contribution in [-0.4, -0.2) is 31.1 Å². The first-order valence-electron chi connectivity index (χ1n) is 10.3. The molecule has 2 aromatic rings. The second-order valence-corrected chi connectivity index (χ2v) is 7.27. The largest absolute Gasteiger partial charge is 0.493 e. The van der Waals surface area contributed by atoms with Gasteiger partial charge in [-0.05, 0) is 23.6 Å². The van der Waals surface area contributed by atoms with E-state index in [2.05, 4.69) is 10.6 Å². The number of allylic oxidation sites excluding steroid dienone is 1. The molecule has 2 aromatic carbocycles. The highest BCUT2D eigenvalue weighted by Gasteiger charge is 2.35. The number of ether oxygens (including phenoxy) is 3. The quantitative estimate of drug-likeness (QED) is 0.335. The van der Waals surface area contributed by atoms with Crippen LogP contribution in [0.15, 0.2) is 53.7 Å². The van der Waals surface area contributed by atoms with E-state index in [0.29, 0.717) is 18.5 Å². The highest BCUT2D eigenvalue weighted by molar-refractivity contribution is 5.95. The zero-order valence-corrected chi connectivity index (χ0v) is 18.5. The molecule has 1 aliphatic rings. The molecule has 10 heteroatoms. The van der Waals surface area contributed by atoms with Crippen molar-refractivity contribution in [1.82, 2.24) is 10.6 Å². The summed E-state index contributed by atoms with van der Waals surface area (Å²) in [5.41, 5.74) is 1.34. The van der Waals surface area contributed by atoms with Crippen molar-refractivity contribution in [2.45, 2.75) is 32.4 Å². The number of rotatable bonds is 9. The first-order chi connectivity index (χ1) is 15.9. The van der Waals surface area contributed by atoms with Gasteiger partial charge < -0.3 is 24.8 Å². The molecule has 0 saturated carbocycles. The van der Waals surface area contributed by atoms with E-state index in [1.807, 2.05) is 37.3 Å². The number of carbonyl (C=O) groups is 2. The molecule has 174 valence electrons. The molecular weight excluding hydrogens is 430 g/mol. The highest BCUT2D eigenvalue weighted by Crippen LogP contribution is 2.42. The minimum absolute atomic E-state index is 0.0484. The van der Waals surface area contributed by atoms with E-state index in [1.165, 1.54) is 26.4 Å². The molecule has 0 aliphatic carbocycles. The number of hydrogen-bond acceptors (Lipinski definition) is 7. The van der Waals surface area contributed by atoms with Crippen LogP contribution in [0, 0.1) is 10.1 Å². The minimum atomic E-state index is -0.969. The zero-order valence-electron chi connectivity index (χ0n) is 18.5. The topological polar surface area (TPSA) is 129 Å². The third-order valence-electron chi connectivity index (χ3n) is 5.09. The molecule has 1 aliphatic heterocycles. The van der Waals surface area contributed by atoms with Crippen LogP contribution in [0.4, 0.5) is 10.5 Å². The fraction of sp³-hybridized carbons (Fsp3) is 0.304. The number of amides is 2. The summed E-state index contributed by atoms with van der Waals surface area (Å²) in [6.07, 6.45) is 1.09. The van der Waals surface area contributed by atoms with Crippen molar-refractivity contribution in [3.63, 3.8) is 0 Å². The van der Waals surface area contributed by atoms with Crippen LogP contribution in [0.25, 0.3) is 0 Å². The average molecular weight is 455 g/mol. The Bertz CT molecular complexity index is 1080. The van der Waals surface area contributed by atoms with Gasteiger partial charge in [0.1, 0.15) is 6.61 Å². The second-order valence-electron chi connectivity index (χ2n) is 7.27. The van der Waals surface area contributed by atoms with Crippen LogP contribution < -0.4 is 20.1 Å². The number of nitro benzene ring substituents is 1. The third kappa shape index (κ3) is 5.22. The number of nitrogens with zero attached hydrogens (tertiary/aromatic N) is 1. The maximum Gasteiger partial charge on any atom is 0.337 e. The summed E-state index contributed by atoms with van der Waals surface area (Å²) in [7, 11) is 2.59. The maximum atomic E-state index is 12.6. The van der Waals surface area contributed by atoms with E-state index in [1.54, 1.807) is 0 Å². The van der Waals surface area contributed by atoms with Gasteiger partial charge in [-0.1, -0.05) is 43.7 Å². The molecule has 0 aromatic heterocycles. The van der Waals surface area contributed by atoms with Crippen LogP contribution in [-0.2, 0) is 16.1 Å². The normalized spacial score (nSPS) is 15.4. The van der Waals surface area contributed by atoms with E-state index >= 15 is 0 Å². The lowest BCUT2D eigenvalue weighted by Gasteiger charge is -2.29. The van der Waals surface area contributed by atoms with Crippen molar-refractivity contribution >= 4 is 17.7 Å². The van der Waals surface area contributed by atoms with Gasteiger partial charge in [-0.25, -0.2) is 9.59 Å². The Labute approximate surface area is 190 Å². The van der Waals surface area contributed by atoms with E-state index in [0.717, 1.165) is 5.56 Å². The Kier molecular flexibility index (Phi) is 7.50. The maximum absolute atomic E-state index is 12.6. The number of hydrogen-bond donors (Lipinski definition) is 2. The number of carbonyl (C=O) groups excluding carboxylic acids is 2. The zero-order chi connectivity index (χ0) is 24.0. The second kappa shape index (κ2) is 10.5. The molecule has 0 radical (unpaired) electrons. The Morgan fingerprint density at radius 2 is 1.91 bits per heavy atom. The fourth-order valence-electron chi connectivity index (χ4n) is 3.60. The third-order valence-corrected chi connectivity index (χ3v) is 5.09. The van der Waals surface area contributed by atoms with Crippen molar-refractivity contribution < 1.29 is 28.7 Å². The van der Waals surface area contributed by atoms with Crippen molar-refractivity contribution in [1.29, 1.82) is 0 Å². The van der Waals surface area contributed by atoms with Gasteiger partial charge in [0, 0.05) is 11.8 Å². The molecular formula is C23H25N3O7. The highest BCUT2D eigenvalue weighted by atomic mass is 16.6. The molecule has 0 bridgehead atoms. The van der Waals surface area contributed by atoms with Crippen molar-refractivity contribution in [3.8, 4) is 11.5 Å². The predicted octanol–water partition coefficient (Wildman–Crippen LogP) is 3.76. The lowest BCUT2D eigenvalue weighted by molar-refractivity contribution is -0.386. The van der Waals surface area contributed by atoms with E-state index in [-0.39, 0.29) is 34.9 Å². The number of benzene rings is 2. The summed E-state index contributed by atoms with van der Waals surface area (Å²) in [5.74, 6) is -0.598. The van der Waals surface area contributed by atoms with Gasteiger partial charge >= 0.3 is 17.7 Å². The fourth-order valence-corrected chi connectivity index (χ4v) is 3.60. The molecule has 10 nitrogen and oxygen atoms in total. The van der Waals surface area contributed by atoms with Crippen LogP contribution in [0.1, 0.15) is 36.9 Å². The minimum Gasteiger partial charge on any atom is -0.493 e. The number of urea groups is 1. The SMILES string of the molecule is CCCC1=C(C(=O)OC)C(c2cc(OC)c(OCc3ccccc3)c([N+](=O)[O-])c2)NC(=O)N1. The first kappa shape index (κ1) is 23.6. The number of methoxy groups -OCH3 is 2. The summed E-state index contributed by atoms with van der Waals surface area (Å²) in [4.78, 5) is 36.2. The molecule has 1 heterocycles. The average Bonchev–Trinajstić information content (AvgIpc) is 2.82. The van der Waals surface area contributed by atoms with Gasteiger partial charge in [-0.2, -0.15) is 0 Å². The molecule has 0 saturated heterocycles. The van der Waals surface area contributed by atoms with Gasteiger partial charge in [0.25, 0.3) is 0 Å². The summed E-state index contributed by atoms with van der Waals surface area (Å²) < 4.78 is 16.1. The lowest BCUT2D eigenvalue weighted by Crippen LogP contribution is -2.45. The standard InChI is InChI=1S/C23H25N3O7/c1-4-8-16-19(22(27)32-3)20(25-23(28)24-16)15-11-17(26(29)30)21(18(12-15)31-2)33-13-14-9-6-5-7-10-14/h5-7,9-12,20H,4,8,13H2,1-3H3,(H2,24,25,28). The molecule has 33 heavy (non-hydrogen) atoms. The molecule has 0 spiro atoms. The van der Waals surface area contributed by atoms with Crippen LogP contribution in [0.3, 0.4) is 0 Å². The molecule has 2 N–H and O–H groups in total. The van der Waals surface area contributed by atoms with Crippen LogP contribution in [0.2, 0.25) is 0 Å². The van der Waals surface area contributed by atoms with Crippen molar-refractivity contribution in [3.05, 3.63) is 75.0 Å². The summed E-state index contributed by atoms with van der Waals surface area (Å²) >= 11 is 0. The number of esters is 1. The molecule has 1 unspecified atom stereocenters. The Balaban J connectivity index is 2.09. The van der Waals surface area contributed by atoms with Crippen LogP contribution >= 0.6 is 0 Å². The lowest BCUT2D eigenvalue weighted by atomic mass is 9.93. The van der Waals surface area contributed by atoms with Crippen LogP contribution in [0.5, 0.6) is 11.5 Å². The monoisotopic (exact) mass is 455 g/mol. The Hall–Kier alpha value is -4.08. The molecule has 0 fully saturated rings. The van der Waals surface area contributed by atoms with E-state index < -0.39 is 23.0 Å². The Morgan fingerprint density at radius 3 is 2.52 bits per heavy atom. The summed E-state index contributed by atoms with van der Waals surface area (Å²) in [6, 6.07) is 10.5. The van der Waals surface area contributed by atoms with E-state index in [4.69, 9.17) is 14.2 Å². The van der Waals surface area contributed by atoms with Gasteiger partial charge in [-0.3, -0.25) is 10.1 Å². The molecule has 2 amide bonds. The Morgan fingerprint density at radius 1 is 1.18 bits per heavy atom. The summed E-state index contributed by atoms with van der Waals surface area (Å²) in [6.45, 7) is 1.99. The van der Waals surface area contributed by atoms with Gasteiger partial charge in [0.15, 0.2) is 5.75 Å². The number of nitrogens with one attached hydrogen (secondary N) is 2. The molecule has 1 atom stereocenters. The molecule has 3 rings (SSSR count). The van der Waals surface area contributed by atoms with Crippen molar-refractivity contribution in [2.24, 2.45) is 0 Å². The number of nitro groups is 1. The summed E-state index contributed by atoms with van der Waals surface area (Å²) in [5, 5.41) is 17.2. The first-order valence-corrected chi connectivity index (χ1v) is 10.3. The van der Waals surface area contributed by atoms with Gasteiger partial charge in [0.2, 0.25) is 5.75 Å². The van der Waals surface area contributed by atoms with Gasteiger partial charge in [-0.15, -0.1) is 0 Å².